The van der Waals surface area contributed by atoms with Crippen LogP contribution in [0.1, 0.15) is 42.0 Å². The number of benzene rings is 2. The van der Waals surface area contributed by atoms with Crippen LogP contribution in [-0.4, -0.2) is 31.9 Å². The Kier molecular flexibility index (Phi) is 8.26. The normalized spacial score (nSPS) is 13.0. The van der Waals surface area contributed by atoms with E-state index < -0.39 is 0 Å². The molecule has 4 N–H and O–H groups in total. The van der Waals surface area contributed by atoms with Crippen LogP contribution in [0, 0.1) is 5.41 Å². The Morgan fingerprint density at radius 2 is 1.90 bits per heavy atom. The predicted octanol–water partition coefficient (Wildman–Crippen LogP) is 4.84. The van der Waals surface area contributed by atoms with Crippen molar-refractivity contribution in [3.63, 3.8) is 0 Å². The lowest BCUT2D eigenvalue weighted by molar-refractivity contribution is 0.625. The number of hydrogen-bond acceptors (Lipinski definition) is 4. The first-order valence-corrected chi connectivity index (χ1v) is 11.0. The lowest BCUT2D eigenvalue weighted by Crippen LogP contribution is -2.26. The molecule has 2 aromatic carbocycles. The summed E-state index contributed by atoms with van der Waals surface area (Å²) in [6.45, 7) is 10.9. The number of likely N-dealkylation sites (N-methyl/N-ethyl adjacent to an activating group) is 1. The number of hydrogen-bond donors (Lipinski definition) is 4. The molecule has 0 fully saturated rings. The Balaban J connectivity index is 1.52. The van der Waals surface area contributed by atoms with Gasteiger partial charge in [-0.25, -0.2) is 0 Å². The first-order chi connectivity index (χ1) is 14.6. The van der Waals surface area contributed by atoms with E-state index in [1.807, 2.05) is 18.2 Å². The molecule has 0 unspecified atom stereocenters. The molecule has 0 spiro atoms. The van der Waals surface area contributed by atoms with Crippen molar-refractivity contribution in [2.24, 2.45) is 0 Å². The van der Waals surface area contributed by atoms with E-state index in [2.05, 4.69) is 59.8 Å². The molecule has 1 aliphatic rings. The van der Waals surface area contributed by atoms with Crippen molar-refractivity contribution in [1.29, 1.82) is 5.41 Å². The minimum absolute atomic E-state index is 0.652. The fourth-order valence-corrected chi connectivity index (χ4v) is 3.80. The van der Waals surface area contributed by atoms with Crippen molar-refractivity contribution in [1.82, 2.24) is 16.0 Å². The van der Waals surface area contributed by atoms with Crippen LogP contribution in [0.5, 0.6) is 0 Å². The second kappa shape index (κ2) is 11.1. The smallest absolute Gasteiger partial charge is 0.0430 e. The fraction of sp³-hybridized carbons (Fsp3) is 0.320. The molecule has 0 radical (unpaired) electrons. The molecule has 0 amide bonds. The molecule has 0 saturated carbocycles. The first kappa shape index (κ1) is 22.3. The van der Waals surface area contributed by atoms with E-state index in [1.54, 1.807) is 0 Å². The molecule has 0 aromatic heterocycles. The number of rotatable bonds is 11. The Labute approximate surface area is 184 Å². The second-order valence-electron chi connectivity index (χ2n) is 7.49. The molecular formula is C25H31ClN4. The summed E-state index contributed by atoms with van der Waals surface area (Å²) >= 11 is 6.19. The minimum Gasteiger partial charge on any atom is -0.385 e. The standard InChI is InChI=1S/C25H31ClN4/c1-3-28-13-14-29-17-19-5-4-6-21(15-19)18(2)30-12-11-20-7-10-25(27)23-9-8-22(26)16-24(20)23/h4-9,15-16,27-30H,2-3,10-14,17H2,1H3. The molecule has 30 heavy (non-hydrogen) atoms. The average molecular weight is 423 g/mol. The molecule has 5 heteroatoms. The van der Waals surface area contributed by atoms with Gasteiger partial charge in [0.25, 0.3) is 0 Å². The lowest BCUT2D eigenvalue weighted by Gasteiger charge is -2.20. The Morgan fingerprint density at radius 3 is 2.73 bits per heavy atom. The van der Waals surface area contributed by atoms with Crippen LogP contribution in [0.4, 0.5) is 0 Å². The van der Waals surface area contributed by atoms with E-state index in [1.165, 1.54) is 11.1 Å². The molecule has 0 saturated heterocycles. The lowest BCUT2D eigenvalue weighted by atomic mass is 9.88. The summed E-state index contributed by atoms with van der Waals surface area (Å²) in [4.78, 5) is 0. The van der Waals surface area contributed by atoms with Gasteiger partial charge in [-0.3, -0.25) is 0 Å². The van der Waals surface area contributed by atoms with Crippen LogP contribution in [0.25, 0.3) is 11.3 Å². The van der Waals surface area contributed by atoms with Crippen molar-refractivity contribution in [3.05, 3.63) is 82.4 Å². The van der Waals surface area contributed by atoms with E-state index in [0.717, 1.165) is 61.5 Å². The summed E-state index contributed by atoms with van der Waals surface area (Å²) in [5.74, 6) is 0. The van der Waals surface area contributed by atoms with Gasteiger partial charge in [0, 0.05) is 54.6 Å². The molecule has 0 aliphatic heterocycles. The Hall–Kier alpha value is -2.40. The first-order valence-electron chi connectivity index (χ1n) is 10.6. The van der Waals surface area contributed by atoms with Gasteiger partial charge in [-0.1, -0.05) is 55.4 Å². The third kappa shape index (κ3) is 6.05. The van der Waals surface area contributed by atoms with Crippen LogP contribution in [-0.2, 0) is 6.54 Å². The minimum atomic E-state index is 0.652. The predicted molar refractivity (Wildman–Crippen MR) is 129 cm³/mol. The quantitative estimate of drug-likeness (QED) is 0.392. The van der Waals surface area contributed by atoms with Crippen LogP contribution in [0.3, 0.4) is 0 Å². The molecular weight excluding hydrogens is 392 g/mol. The average Bonchev–Trinajstić information content (AvgIpc) is 2.75. The van der Waals surface area contributed by atoms with Gasteiger partial charge in [0.15, 0.2) is 0 Å². The van der Waals surface area contributed by atoms with E-state index >= 15 is 0 Å². The zero-order chi connectivity index (χ0) is 21.3. The van der Waals surface area contributed by atoms with Crippen molar-refractivity contribution >= 4 is 28.6 Å². The Morgan fingerprint density at radius 1 is 1.07 bits per heavy atom. The van der Waals surface area contributed by atoms with Gasteiger partial charge >= 0.3 is 0 Å². The molecule has 2 aromatic rings. The molecule has 1 aliphatic carbocycles. The highest BCUT2D eigenvalue weighted by Gasteiger charge is 2.16. The van der Waals surface area contributed by atoms with Gasteiger partial charge in [-0.15, -0.1) is 0 Å². The maximum Gasteiger partial charge on any atom is 0.0430 e. The summed E-state index contributed by atoms with van der Waals surface area (Å²) in [5, 5.41) is 19.1. The van der Waals surface area contributed by atoms with Crippen LogP contribution in [0.2, 0.25) is 5.02 Å². The van der Waals surface area contributed by atoms with Gasteiger partial charge in [0.2, 0.25) is 0 Å². The van der Waals surface area contributed by atoms with Gasteiger partial charge in [0.1, 0.15) is 0 Å². The van der Waals surface area contributed by atoms with Crippen molar-refractivity contribution in [2.75, 3.05) is 26.2 Å². The zero-order valence-electron chi connectivity index (χ0n) is 17.7. The number of nitrogens with one attached hydrogen (secondary N) is 4. The SMILES string of the molecule is C=C(NCCC1=CCC(=N)c2ccc(Cl)cc21)c1cccc(CNCCNCC)c1. The highest BCUT2D eigenvalue weighted by molar-refractivity contribution is 6.31. The van der Waals surface area contributed by atoms with E-state index in [4.69, 9.17) is 17.0 Å². The topological polar surface area (TPSA) is 59.9 Å². The summed E-state index contributed by atoms with van der Waals surface area (Å²) < 4.78 is 0. The van der Waals surface area contributed by atoms with Gasteiger partial charge < -0.3 is 21.4 Å². The summed E-state index contributed by atoms with van der Waals surface area (Å²) in [7, 11) is 0. The molecule has 0 bridgehead atoms. The van der Waals surface area contributed by atoms with Gasteiger partial charge in [0.05, 0.1) is 0 Å². The zero-order valence-corrected chi connectivity index (χ0v) is 18.4. The van der Waals surface area contributed by atoms with Crippen molar-refractivity contribution in [3.8, 4) is 0 Å². The number of fused-ring (bicyclic) bond motifs is 1. The van der Waals surface area contributed by atoms with E-state index in [-0.39, 0.29) is 0 Å². The number of allylic oxidation sites excluding steroid dienone is 1. The van der Waals surface area contributed by atoms with Crippen molar-refractivity contribution in [2.45, 2.75) is 26.3 Å². The highest BCUT2D eigenvalue weighted by atomic mass is 35.5. The molecule has 0 atom stereocenters. The van der Waals surface area contributed by atoms with Crippen LogP contribution >= 0.6 is 11.6 Å². The second-order valence-corrected chi connectivity index (χ2v) is 7.92. The van der Waals surface area contributed by atoms with Crippen LogP contribution in [0.15, 0.2) is 55.1 Å². The molecule has 0 heterocycles. The van der Waals surface area contributed by atoms with E-state index in [0.29, 0.717) is 17.2 Å². The summed E-state index contributed by atoms with van der Waals surface area (Å²) in [6, 6.07) is 14.3. The van der Waals surface area contributed by atoms with Crippen molar-refractivity contribution < 1.29 is 0 Å². The third-order valence-electron chi connectivity index (χ3n) is 5.27. The largest absolute Gasteiger partial charge is 0.385 e. The fourth-order valence-electron chi connectivity index (χ4n) is 3.63. The monoisotopic (exact) mass is 422 g/mol. The van der Waals surface area contributed by atoms with Gasteiger partial charge in [-0.2, -0.15) is 0 Å². The maximum absolute atomic E-state index is 8.16. The number of halogens is 1. The maximum atomic E-state index is 8.16. The molecule has 158 valence electrons. The molecule has 3 rings (SSSR count). The van der Waals surface area contributed by atoms with Gasteiger partial charge in [-0.05, 0) is 53.4 Å². The Bertz CT molecular complexity index is 932. The molecule has 4 nitrogen and oxygen atoms in total. The third-order valence-corrected chi connectivity index (χ3v) is 5.51. The highest BCUT2D eigenvalue weighted by Crippen LogP contribution is 2.30. The van der Waals surface area contributed by atoms with E-state index in [9.17, 15) is 0 Å². The summed E-state index contributed by atoms with van der Waals surface area (Å²) in [5.41, 5.74) is 7.26. The summed E-state index contributed by atoms with van der Waals surface area (Å²) in [6.07, 6.45) is 3.68. The van der Waals surface area contributed by atoms with Crippen LogP contribution < -0.4 is 16.0 Å².